The summed E-state index contributed by atoms with van der Waals surface area (Å²) in [5.41, 5.74) is 1.65. The van der Waals surface area contributed by atoms with E-state index in [1.54, 1.807) is 6.20 Å². The third kappa shape index (κ3) is 1.16. The molecule has 1 N–H and O–H groups in total. The molecule has 12 heavy (non-hydrogen) atoms. The predicted octanol–water partition coefficient (Wildman–Crippen LogP) is 2.26. The van der Waals surface area contributed by atoms with Crippen LogP contribution in [0.4, 0.5) is 0 Å². The Hall–Kier alpha value is -1.09. The van der Waals surface area contributed by atoms with Gasteiger partial charge in [0.2, 0.25) is 0 Å². The molecule has 0 aliphatic rings. The molecule has 3 nitrogen and oxygen atoms in total. The molecule has 4 heteroatoms. The summed E-state index contributed by atoms with van der Waals surface area (Å²) in [5.74, 6) is 0.769. The van der Waals surface area contributed by atoms with Crippen LogP contribution < -0.4 is 0 Å². The Kier molecular flexibility index (Phi) is 1.73. The molecular formula is C8H8ClN3. The molecule has 0 saturated carbocycles. The molecular weight excluding hydrogens is 174 g/mol. The lowest BCUT2D eigenvalue weighted by molar-refractivity contribution is 0.960. The van der Waals surface area contributed by atoms with Crippen molar-refractivity contribution < 1.29 is 0 Å². The third-order valence-corrected chi connectivity index (χ3v) is 1.86. The molecule has 0 unspecified atom stereocenters. The Morgan fingerprint density at radius 3 is 3.08 bits per heavy atom. The lowest BCUT2D eigenvalue weighted by atomic mass is 10.4. The number of nitrogens with zero attached hydrogens (tertiary/aromatic N) is 2. The Balaban J connectivity index is 2.62. The molecule has 0 saturated heterocycles. The largest absolute Gasteiger partial charge is 0.339 e. The molecule has 2 aromatic rings. The molecule has 0 spiro atoms. The SMILES string of the molecule is C[C@@H](Cl)c1nc2ncccc2[nH]1. The maximum Gasteiger partial charge on any atom is 0.177 e. The number of pyridine rings is 1. The van der Waals surface area contributed by atoms with Gasteiger partial charge in [-0.2, -0.15) is 0 Å². The minimum atomic E-state index is -0.0980. The smallest absolute Gasteiger partial charge is 0.177 e. The van der Waals surface area contributed by atoms with Crippen molar-refractivity contribution in [2.75, 3.05) is 0 Å². The number of imidazole rings is 1. The van der Waals surface area contributed by atoms with Crippen LogP contribution in [0.25, 0.3) is 11.2 Å². The molecule has 62 valence electrons. The van der Waals surface area contributed by atoms with Gasteiger partial charge in [0, 0.05) is 6.20 Å². The average Bonchev–Trinajstić information content (AvgIpc) is 2.46. The van der Waals surface area contributed by atoms with Gasteiger partial charge in [0.15, 0.2) is 5.65 Å². The minimum absolute atomic E-state index is 0.0980. The first-order chi connectivity index (χ1) is 5.77. The molecule has 0 amide bonds. The zero-order valence-corrected chi connectivity index (χ0v) is 7.34. The molecule has 0 fully saturated rings. The number of nitrogens with one attached hydrogen (secondary N) is 1. The van der Waals surface area contributed by atoms with E-state index in [-0.39, 0.29) is 5.38 Å². The molecule has 2 rings (SSSR count). The summed E-state index contributed by atoms with van der Waals surface area (Å²) >= 11 is 5.85. The van der Waals surface area contributed by atoms with E-state index in [9.17, 15) is 0 Å². The number of H-pyrrole nitrogens is 1. The monoisotopic (exact) mass is 181 g/mol. The van der Waals surface area contributed by atoms with Gasteiger partial charge >= 0.3 is 0 Å². The van der Waals surface area contributed by atoms with E-state index in [0.29, 0.717) is 0 Å². The number of rotatable bonds is 1. The van der Waals surface area contributed by atoms with E-state index in [0.717, 1.165) is 17.0 Å². The summed E-state index contributed by atoms with van der Waals surface area (Å²) in [7, 11) is 0. The number of alkyl halides is 1. The second kappa shape index (κ2) is 2.75. The topological polar surface area (TPSA) is 41.6 Å². The van der Waals surface area contributed by atoms with Crippen molar-refractivity contribution >= 4 is 22.8 Å². The predicted molar refractivity (Wildman–Crippen MR) is 48.2 cm³/mol. The molecule has 0 radical (unpaired) electrons. The summed E-state index contributed by atoms with van der Waals surface area (Å²) < 4.78 is 0. The quantitative estimate of drug-likeness (QED) is 0.686. The van der Waals surface area contributed by atoms with Crippen LogP contribution in [-0.2, 0) is 0 Å². The van der Waals surface area contributed by atoms with Crippen LogP contribution >= 0.6 is 11.6 Å². The molecule has 0 aliphatic heterocycles. The van der Waals surface area contributed by atoms with Gasteiger partial charge in [-0.25, -0.2) is 9.97 Å². The zero-order valence-electron chi connectivity index (χ0n) is 6.58. The van der Waals surface area contributed by atoms with Gasteiger partial charge in [-0.05, 0) is 19.1 Å². The van der Waals surface area contributed by atoms with Crippen LogP contribution in [0, 0.1) is 0 Å². The highest BCUT2D eigenvalue weighted by atomic mass is 35.5. The third-order valence-electron chi connectivity index (χ3n) is 1.65. The number of aromatic amines is 1. The highest BCUT2D eigenvalue weighted by molar-refractivity contribution is 6.20. The first-order valence-corrected chi connectivity index (χ1v) is 4.16. The maximum absolute atomic E-state index is 5.85. The van der Waals surface area contributed by atoms with Gasteiger partial charge in [-0.1, -0.05) is 0 Å². The average molecular weight is 182 g/mol. The Morgan fingerprint density at radius 2 is 2.42 bits per heavy atom. The molecule has 0 aromatic carbocycles. The summed E-state index contributed by atoms with van der Waals surface area (Å²) in [6.45, 7) is 1.87. The number of fused-ring (bicyclic) bond motifs is 1. The van der Waals surface area contributed by atoms with E-state index in [1.165, 1.54) is 0 Å². The van der Waals surface area contributed by atoms with Crippen LogP contribution in [-0.4, -0.2) is 15.0 Å². The fraction of sp³-hybridized carbons (Fsp3) is 0.250. The lowest BCUT2D eigenvalue weighted by Gasteiger charge is -1.92. The van der Waals surface area contributed by atoms with E-state index >= 15 is 0 Å². The first-order valence-electron chi connectivity index (χ1n) is 3.72. The molecule has 0 bridgehead atoms. The van der Waals surface area contributed by atoms with E-state index in [2.05, 4.69) is 15.0 Å². The molecule has 2 heterocycles. The standard InChI is InChI=1S/C8H8ClN3/c1-5(9)7-11-6-3-2-4-10-8(6)12-7/h2-5H,1H3,(H,10,11,12)/t5-/m1/s1. The van der Waals surface area contributed by atoms with Crippen LogP contribution in [0.1, 0.15) is 18.1 Å². The van der Waals surface area contributed by atoms with Crippen LogP contribution in [0.2, 0.25) is 0 Å². The summed E-state index contributed by atoms with van der Waals surface area (Å²) in [5, 5.41) is -0.0980. The van der Waals surface area contributed by atoms with Crippen LogP contribution in [0.5, 0.6) is 0 Å². The van der Waals surface area contributed by atoms with Gasteiger partial charge in [0.25, 0.3) is 0 Å². The number of aromatic nitrogens is 3. The maximum atomic E-state index is 5.85. The van der Waals surface area contributed by atoms with Crippen molar-refractivity contribution in [1.29, 1.82) is 0 Å². The van der Waals surface area contributed by atoms with Gasteiger partial charge in [0.05, 0.1) is 10.9 Å². The fourth-order valence-corrected chi connectivity index (χ4v) is 1.16. The van der Waals surface area contributed by atoms with E-state index in [1.807, 2.05) is 19.1 Å². The van der Waals surface area contributed by atoms with Crippen molar-refractivity contribution in [3.8, 4) is 0 Å². The number of hydrogen-bond acceptors (Lipinski definition) is 2. The summed E-state index contributed by atoms with van der Waals surface area (Å²) in [6, 6.07) is 3.79. The van der Waals surface area contributed by atoms with E-state index < -0.39 is 0 Å². The van der Waals surface area contributed by atoms with Crippen LogP contribution in [0.3, 0.4) is 0 Å². The number of hydrogen-bond donors (Lipinski definition) is 1. The Labute approximate surface area is 74.8 Å². The second-order valence-electron chi connectivity index (χ2n) is 2.61. The van der Waals surface area contributed by atoms with Crippen molar-refractivity contribution in [3.63, 3.8) is 0 Å². The summed E-state index contributed by atoms with van der Waals surface area (Å²) in [4.78, 5) is 11.4. The van der Waals surface area contributed by atoms with Crippen LogP contribution in [0.15, 0.2) is 18.3 Å². The van der Waals surface area contributed by atoms with Gasteiger partial charge in [-0.3, -0.25) is 0 Å². The highest BCUT2D eigenvalue weighted by Crippen LogP contribution is 2.18. The zero-order chi connectivity index (χ0) is 8.55. The molecule has 2 aromatic heterocycles. The highest BCUT2D eigenvalue weighted by Gasteiger charge is 2.06. The Morgan fingerprint density at radius 1 is 1.58 bits per heavy atom. The first kappa shape index (κ1) is 7.55. The summed E-state index contributed by atoms with van der Waals surface area (Å²) in [6.07, 6.45) is 1.71. The molecule has 0 aliphatic carbocycles. The second-order valence-corrected chi connectivity index (χ2v) is 3.27. The van der Waals surface area contributed by atoms with Gasteiger partial charge in [-0.15, -0.1) is 11.6 Å². The van der Waals surface area contributed by atoms with Crippen molar-refractivity contribution in [3.05, 3.63) is 24.2 Å². The van der Waals surface area contributed by atoms with E-state index in [4.69, 9.17) is 11.6 Å². The minimum Gasteiger partial charge on any atom is -0.339 e. The molecule has 1 atom stereocenters. The number of halogens is 1. The van der Waals surface area contributed by atoms with Crippen molar-refractivity contribution in [2.45, 2.75) is 12.3 Å². The van der Waals surface area contributed by atoms with Crippen molar-refractivity contribution in [1.82, 2.24) is 15.0 Å². The van der Waals surface area contributed by atoms with Gasteiger partial charge < -0.3 is 4.98 Å². The normalized spacial score (nSPS) is 13.5. The van der Waals surface area contributed by atoms with Gasteiger partial charge in [0.1, 0.15) is 5.82 Å². The fourth-order valence-electron chi connectivity index (χ4n) is 1.05. The van der Waals surface area contributed by atoms with Crippen molar-refractivity contribution in [2.24, 2.45) is 0 Å². The Bertz CT molecular complexity index is 361. The lowest BCUT2D eigenvalue weighted by Crippen LogP contribution is -1.85.